The zero-order valence-electron chi connectivity index (χ0n) is 9.31. The lowest BCUT2D eigenvalue weighted by atomic mass is 10.3. The maximum atomic E-state index is 11.2. The number of rotatable bonds is 4. The first-order valence-electron chi connectivity index (χ1n) is 4.67. The van der Waals surface area contributed by atoms with Crippen molar-refractivity contribution in [2.75, 3.05) is 25.5 Å². The Hall–Kier alpha value is -1.70. The number of carbonyl (C=O) groups excluding carboxylic acids is 1. The van der Waals surface area contributed by atoms with Crippen LogP contribution in [0.25, 0.3) is 0 Å². The number of aromatic nitrogens is 1. The van der Waals surface area contributed by atoms with Crippen LogP contribution in [0.5, 0.6) is 0 Å². The van der Waals surface area contributed by atoms with Gasteiger partial charge in [0.2, 0.25) is 11.7 Å². The molecule has 0 radical (unpaired) electrons. The standard InChI is InChI=1S/C9H11BrN4O3/c1-11-8(15)5-13(2)9-7(14(16)17)3-6(10)4-12-9/h3-4H,5H2,1-2H3,(H,11,15). The van der Waals surface area contributed by atoms with Gasteiger partial charge in [-0.1, -0.05) is 0 Å². The van der Waals surface area contributed by atoms with Gasteiger partial charge < -0.3 is 10.2 Å². The smallest absolute Gasteiger partial charge is 0.312 e. The topological polar surface area (TPSA) is 88.4 Å². The summed E-state index contributed by atoms with van der Waals surface area (Å²) in [4.78, 5) is 26.9. The highest BCUT2D eigenvalue weighted by Gasteiger charge is 2.20. The quantitative estimate of drug-likeness (QED) is 0.660. The van der Waals surface area contributed by atoms with Crippen molar-refractivity contribution in [1.29, 1.82) is 0 Å². The molecule has 0 aliphatic heterocycles. The Labute approximate surface area is 106 Å². The van der Waals surface area contributed by atoms with Gasteiger partial charge in [-0.3, -0.25) is 14.9 Å². The zero-order valence-corrected chi connectivity index (χ0v) is 10.9. The van der Waals surface area contributed by atoms with Crippen molar-refractivity contribution in [3.05, 3.63) is 26.9 Å². The van der Waals surface area contributed by atoms with Gasteiger partial charge in [-0.05, 0) is 15.9 Å². The van der Waals surface area contributed by atoms with Crippen molar-refractivity contribution in [2.24, 2.45) is 0 Å². The molecule has 8 heteroatoms. The summed E-state index contributed by atoms with van der Waals surface area (Å²) in [6, 6.07) is 1.35. The number of carbonyl (C=O) groups is 1. The summed E-state index contributed by atoms with van der Waals surface area (Å²) in [6.45, 7) is 0.00592. The van der Waals surface area contributed by atoms with Crippen molar-refractivity contribution in [1.82, 2.24) is 10.3 Å². The molecule has 0 bridgehead atoms. The summed E-state index contributed by atoms with van der Waals surface area (Å²) in [5.41, 5.74) is -0.147. The summed E-state index contributed by atoms with van der Waals surface area (Å²) in [6.07, 6.45) is 1.45. The minimum Gasteiger partial charge on any atom is -0.358 e. The summed E-state index contributed by atoms with van der Waals surface area (Å²) < 4.78 is 0.515. The molecular weight excluding hydrogens is 292 g/mol. The van der Waals surface area contributed by atoms with E-state index < -0.39 is 4.92 Å². The lowest BCUT2D eigenvalue weighted by molar-refractivity contribution is -0.384. The Bertz CT molecular complexity index is 452. The van der Waals surface area contributed by atoms with E-state index in [2.05, 4.69) is 26.2 Å². The second-order valence-electron chi connectivity index (χ2n) is 3.28. The number of nitrogens with zero attached hydrogens (tertiary/aromatic N) is 3. The second-order valence-corrected chi connectivity index (χ2v) is 4.20. The monoisotopic (exact) mass is 302 g/mol. The average Bonchev–Trinajstić information content (AvgIpc) is 2.28. The lowest BCUT2D eigenvalue weighted by Crippen LogP contribution is -2.33. The molecule has 1 heterocycles. The molecule has 92 valence electrons. The average molecular weight is 303 g/mol. The number of likely N-dealkylation sites (N-methyl/N-ethyl adjacent to an activating group) is 2. The van der Waals surface area contributed by atoms with Crippen LogP contribution in [0.15, 0.2) is 16.7 Å². The number of nitrogens with one attached hydrogen (secondary N) is 1. The SMILES string of the molecule is CNC(=O)CN(C)c1ncc(Br)cc1[N+](=O)[O-]. The van der Waals surface area contributed by atoms with Gasteiger partial charge in [0.25, 0.3) is 0 Å². The Morgan fingerprint density at radius 3 is 2.88 bits per heavy atom. The maximum absolute atomic E-state index is 11.2. The van der Waals surface area contributed by atoms with Gasteiger partial charge in [-0.15, -0.1) is 0 Å². The van der Waals surface area contributed by atoms with Gasteiger partial charge in [0.1, 0.15) is 0 Å². The zero-order chi connectivity index (χ0) is 13.0. The van der Waals surface area contributed by atoms with Gasteiger partial charge in [0.05, 0.1) is 11.5 Å². The lowest BCUT2D eigenvalue weighted by Gasteiger charge is -2.16. The summed E-state index contributed by atoms with van der Waals surface area (Å²) >= 11 is 3.11. The van der Waals surface area contributed by atoms with Crippen LogP contribution in [0.1, 0.15) is 0 Å². The molecule has 17 heavy (non-hydrogen) atoms. The molecule has 0 aromatic carbocycles. The highest BCUT2D eigenvalue weighted by Crippen LogP contribution is 2.27. The van der Waals surface area contributed by atoms with Crippen LogP contribution in [0.2, 0.25) is 0 Å². The predicted octanol–water partition coefficient (Wildman–Crippen LogP) is 0.934. The summed E-state index contributed by atoms with van der Waals surface area (Å²) in [5.74, 6) is -0.0895. The maximum Gasteiger partial charge on any atom is 0.312 e. The first-order chi connectivity index (χ1) is 7.95. The van der Waals surface area contributed by atoms with Crippen LogP contribution < -0.4 is 10.2 Å². The van der Waals surface area contributed by atoms with E-state index in [-0.39, 0.29) is 24.0 Å². The number of amides is 1. The van der Waals surface area contributed by atoms with Crippen LogP contribution in [-0.4, -0.2) is 36.5 Å². The Morgan fingerprint density at radius 1 is 1.71 bits per heavy atom. The van der Waals surface area contributed by atoms with E-state index in [0.29, 0.717) is 4.47 Å². The molecule has 0 atom stereocenters. The van der Waals surface area contributed by atoms with Crippen LogP contribution in [0.4, 0.5) is 11.5 Å². The molecule has 0 aliphatic rings. The van der Waals surface area contributed by atoms with Gasteiger partial charge in [-0.2, -0.15) is 0 Å². The van der Waals surface area contributed by atoms with Gasteiger partial charge in [0, 0.05) is 30.8 Å². The van der Waals surface area contributed by atoms with Crippen LogP contribution in [0, 0.1) is 10.1 Å². The number of halogens is 1. The Kier molecular flexibility index (Phi) is 4.38. The molecule has 1 rings (SSSR count). The van der Waals surface area contributed by atoms with Crippen molar-refractivity contribution >= 4 is 33.3 Å². The molecule has 0 fully saturated rings. The highest BCUT2D eigenvalue weighted by molar-refractivity contribution is 9.10. The molecule has 0 spiro atoms. The van der Waals surface area contributed by atoms with Gasteiger partial charge in [-0.25, -0.2) is 4.98 Å². The van der Waals surface area contributed by atoms with E-state index in [1.54, 1.807) is 7.05 Å². The van der Waals surface area contributed by atoms with E-state index in [1.165, 1.54) is 24.2 Å². The minimum atomic E-state index is -0.534. The summed E-state index contributed by atoms with van der Waals surface area (Å²) in [7, 11) is 3.07. The number of pyridine rings is 1. The fourth-order valence-electron chi connectivity index (χ4n) is 1.22. The number of hydrogen-bond donors (Lipinski definition) is 1. The second kappa shape index (κ2) is 5.58. The number of anilines is 1. The minimum absolute atomic E-state index is 0.00592. The Balaban J connectivity index is 3.04. The molecule has 0 aliphatic carbocycles. The fourth-order valence-corrected chi connectivity index (χ4v) is 1.54. The van der Waals surface area contributed by atoms with Crippen molar-refractivity contribution < 1.29 is 9.72 Å². The van der Waals surface area contributed by atoms with E-state index in [4.69, 9.17) is 0 Å². The Morgan fingerprint density at radius 2 is 2.35 bits per heavy atom. The number of hydrogen-bond acceptors (Lipinski definition) is 5. The third-order valence-corrected chi connectivity index (χ3v) is 2.47. The largest absolute Gasteiger partial charge is 0.358 e. The molecule has 0 unspecified atom stereocenters. The normalized spacial score (nSPS) is 9.82. The van der Waals surface area contributed by atoms with Gasteiger partial charge in [0.15, 0.2) is 0 Å². The third kappa shape index (κ3) is 3.38. The molecule has 1 aromatic rings. The predicted molar refractivity (Wildman–Crippen MR) is 65.9 cm³/mol. The van der Waals surface area contributed by atoms with Crippen LogP contribution >= 0.6 is 15.9 Å². The van der Waals surface area contributed by atoms with Crippen molar-refractivity contribution in [3.63, 3.8) is 0 Å². The first kappa shape index (κ1) is 13.4. The van der Waals surface area contributed by atoms with E-state index in [9.17, 15) is 14.9 Å². The van der Waals surface area contributed by atoms with Gasteiger partial charge >= 0.3 is 5.69 Å². The van der Waals surface area contributed by atoms with Crippen LogP contribution in [0.3, 0.4) is 0 Å². The molecule has 1 amide bonds. The first-order valence-corrected chi connectivity index (χ1v) is 5.46. The number of nitro groups is 1. The van der Waals surface area contributed by atoms with Crippen molar-refractivity contribution in [3.8, 4) is 0 Å². The summed E-state index contributed by atoms with van der Waals surface area (Å²) in [5, 5.41) is 13.3. The van der Waals surface area contributed by atoms with E-state index in [0.717, 1.165) is 0 Å². The van der Waals surface area contributed by atoms with E-state index >= 15 is 0 Å². The molecule has 0 saturated heterocycles. The molecule has 1 aromatic heterocycles. The fraction of sp³-hybridized carbons (Fsp3) is 0.333. The molecule has 0 saturated carbocycles. The molecular formula is C9H11BrN4O3. The van der Waals surface area contributed by atoms with E-state index in [1.807, 2.05) is 0 Å². The third-order valence-electron chi connectivity index (χ3n) is 2.03. The van der Waals surface area contributed by atoms with Crippen LogP contribution in [-0.2, 0) is 4.79 Å². The highest BCUT2D eigenvalue weighted by atomic mass is 79.9. The van der Waals surface area contributed by atoms with Crippen molar-refractivity contribution in [2.45, 2.75) is 0 Å². The molecule has 1 N–H and O–H groups in total. The molecule has 7 nitrogen and oxygen atoms in total.